The van der Waals surface area contributed by atoms with E-state index in [0.29, 0.717) is 30.5 Å². The summed E-state index contributed by atoms with van der Waals surface area (Å²) in [7, 11) is 0. The van der Waals surface area contributed by atoms with Crippen LogP contribution in [0.25, 0.3) is 0 Å². The molecule has 0 saturated heterocycles. The number of carbonyl (C=O) groups excluding carboxylic acids is 1. The third-order valence-electron chi connectivity index (χ3n) is 3.85. The lowest BCUT2D eigenvalue weighted by Gasteiger charge is -2.26. The Hall–Kier alpha value is -2.11. The number of oxazole rings is 1. The average Bonchev–Trinajstić information content (AvgIpc) is 3.04. The number of nitrogens with zero attached hydrogens (tertiary/aromatic N) is 3. The zero-order valence-electron chi connectivity index (χ0n) is 12.6. The molecule has 1 N–H and O–H groups in total. The van der Waals surface area contributed by atoms with Gasteiger partial charge in [0.2, 0.25) is 5.76 Å². The van der Waals surface area contributed by atoms with Gasteiger partial charge in [-0.15, -0.1) is 0 Å². The van der Waals surface area contributed by atoms with Gasteiger partial charge in [-0.2, -0.15) is 5.10 Å². The molecule has 0 aliphatic carbocycles. The van der Waals surface area contributed by atoms with Gasteiger partial charge in [0.15, 0.2) is 6.39 Å². The molecule has 6 heteroatoms. The van der Waals surface area contributed by atoms with Crippen LogP contribution in [0.15, 0.2) is 10.8 Å². The predicted molar refractivity (Wildman–Crippen MR) is 76.8 cm³/mol. The smallest absolute Gasteiger partial charge is 0.291 e. The molecule has 3 rings (SSSR count). The minimum Gasteiger partial charge on any atom is -0.438 e. The van der Waals surface area contributed by atoms with Crippen LogP contribution in [0.1, 0.15) is 47.0 Å². The van der Waals surface area contributed by atoms with Crippen molar-refractivity contribution in [3.63, 3.8) is 0 Å². The molecule has 0 saturated carbocycles. The quantitative estimate of drug-likeness (QED) is 0.938. The summed E-state index contributed by atoms with van der Waals surface area (Å²) >= 11 is 0. The highest BCUT2D eigenvalue weighted by atomic mass is 16.3. The fourth-order valence-corrected chi connectivity index (χ4v) is 2.73. The van der Waals surface area contributed by atoms with E-state index in [1.165, 1.54) is 12.0 Å². The summed E-state index contributed by atoms with van der Waals surface area (Å²) in [6.07, 6.45) is 3.05. The van der Waals surface area contributed by atoms with Crippen LogP contribution >= 0.6 is 0 Å². The molecule has 0 unspecified atom stereocenters. The lowest BCUT2D eigenvalue weighted by atomic mass is 9.99. The van der Waals surface area contributed by atoms with Crippen molar-refractivity contribution in [2.24, 2.45) is 5.92 Å². The van der Waals surface area contributed by atoms with Gasteiger partial charge in [0.1, 0.15) is 0 Å². The van der Waals surface area contributed by atoms with E-state index < -0.39 is 0 Å². The number of carbonyl (C=O) groups is 1. The first kappa shape index (κ1) is 13.9. The van der Waals surface area contributed by atoms with E-state index in [-0.39, 0.29) is 5.91 Å². The van der Waals surface area contributed by atoms with Crippen molar-refractivity contribution in [1.29, 1.82) is 0 Å². The summed E-state index contributed by atoms with van der Waals surface area (Å²) < 4.78 is 5.22. The molecule has 0 spiro atoms. The maximum atomic E-state index is 12.5. The first-order valence-electron chi connectivity index (χ1n) is 7.30. The van der Waals surface area contributed by atoms with Gasteiger partial charge < -0.3 is 9.32 Å². The number of rotatable bonds is 3. The number of amides is 1. The van der Waals surface area contributed by atoms with Crippen LogP contribution < -0.4 is 0 Å². The van der Waals surface area contributed by atoms with Crippen molar-refractivity contribution >= 4 is 5.91 Å². The third-order valence-corrected chi connectivity index (χ3v) is 3.85. The maximum absolute atomic E-state index is 12.5. The van der Waals surface area contributed by atoms with Crippen molar-refractivity contribution < 1.29 is 9.21 Å². The van der Waals surface area contributed by atoms with Gasteiger partial charge in [0.25, 0.3) is 5.91 Å². The van der Waals surface area contributed by atoms with E-state index in [1.54, 1.807) is 6.92 Å². The molecule has 2 aromatic rings. The zero-order chi connectivity index (χ0) is 15.0. The van der Waals surface area contributed by atoms with Crippen LogP contribution in [0.5, 0.6) is 0 Å². The summed E-state index contributed by atoms with van der Waals surface area (Å²) in [6, 6.07) is 0. The topological polar surface area (TPSA) is 75.0 Å². The zero-order valence-corrected chi connectivity index (χ0v) is 12.6. The van der Waals surface area contributed by atoms with E-state index in [0.717, 1.165) is 24.2 Å². The second-order valence-corrected chi connectivity index (χ2v) is 5.97. The van der Waals surface area contributed by atoms with Gasteiger partial charge in [-0.1, -0.05) is 13.8 Å². The first-order valence-corrected chi connectivity index (χ1v) is 7.30. The van der Waals surface area contributed by atoms with Gasteiger partial charge in [-0.05, 0) is 19.3 Å². The molecule has 1 aliphatic heterocycles. The molecule has 0 bridgehead atoms. The Kier molecular flexibility index (Phi) is 3.53. The van der Waals surface area contributed by atoms with Gasteiger partial charge in [0, 0.05) is 30.8 Å². The number of hydrogen-bond donors (Lipinski definition) is 1. The molecule has 2 aromatic heterocycles. The summed E-state index contributed by atoms with van der Waals surface area (Å²) in [6.45, 7) is 7.39. The van der Waals surface area contributed by atoms with E-state index in [2.05, 4.69) is 29.0 Å². The summed E-state index contributed by atoms with van der Waals surface area (Å²) in [5, 5.41) is 7.53. The molecular formula is C15H20N4O2. The second-order valence-electron chi connectivity index (χ2n) is 5.97. The first-order chi connectivity index (χ1) is 10.1. The number of H-pyrrole nitrogens is 1. The van der Waals surface area contributed by atoms with Crippen molar-refractivity contribution in [1.82, 2.24) is 20.1 Å². The average molecular weight is 288 g/mol. The van der Waals surface area contributed by atoms with Crippen LogP contribution in [0, 0.1) is 12.8 Å². The summed E-state index contributed by atoms with van der Waals surface area (Å²) in [4.78, 5) is 18.3. The highest BCUT2D eigenvalue weighted by Crippen LogP contribution is 2.24. The predicted octanol–water partition coefficient (Wildman–Crippen LogP) is 2.10. The van der Waals surface area contributed by atoms with Crippen molar-refractivity contribution in [2.75, 3.05) is 6.54 Å². The van der Waals surface area contributed by atoms with Crippen LogP contribution in [0.2, 0.25) is 0 Å². The normalized spacial score (nSPS) is 14.6. The lowest BCUT2D eigenvalue weighted by Crippen LogP contribution is -2.36. The minimum atomic E-state index is -0.0904. The highest BCUT2D eigenvalue weighted by molar-refractivity contribution is 5.92. The van der Waals surface area contributed by atoms with Crippen molar-refractivity contribution in [3.05, 3.63) is 34.8 Å². The molecule has 21 heavy (non-hydrogen) atoms. The molecule has 3 heterocycles. The number of aromatic nitrogens is 3. The fourth-order valence-electron chi connectivity index (χ4n) is 2.73. The SMILES string of the molecule is Cc1ncoc1C(=O)N1CCc2[nH]nc(CC(C)C)c2C1. The molecule has 0 fully saturated rings. The van der Waals surface area contributed by atoms with E-state index in [4.69, 9.17) is 4.42 Å². The van der Waals surface area contributed by atoms with E-state index in [9.17, 15) is 4.79 Å². The number of nitrogens with one attached hydrogen (secondary N) is 1. The van der Waals surface area contributed by atoms with Crippen molar-refractivity contribution in [2.45, 2.75) is 40.2 Å². The number of aryl methyl sites for hydroxylation is 1. The highest BCUT2D eigenvalue weighted by Gasteiger charge is 2.28. The Bertz CT molecular complexity index is 656. The van der Waals surface area contributed by atoms with Crippen LogP contribution in [0.3, 0.4) is 0 Å². The largest absolute Gasteiger partial charge is 0.438 e. The maximum Gasteiger partial charge on any atom is 0.291 e. The van der Waals surface area contributed by atoms with Gasteiger partial charge in [0.05, 0.1) is 11.4 Å². The van der Waals surface area contributed by atoms with Crippen LogP contribution in [0.4, 0.5) is 0 Å². The van der Waals surface area contributed by atoms with E-state index >= 15 is 0 Å². The monoisotopic (exact) mass is 288 g/mol. The van der Waals surface area contributed by atoms with Gasteiger partial charge >= 0.3 is 0 Å². The molecule has 0 radical (unpaired) electrons. The van der Waals surface area contributed by atoms with Crippen molar-refractivity contribution in [3.8, 4) is 0 Å². The molecule has 0 atom stereocenters. The molecular weight excluding hydrogens is 268 g/mol. The molecule has 1 amide bonds. The summed E-state index contributed by atoms with van der Waals surface area (Å²) in [5.74, 6) is 0.791. The fraction of sp³-hybridized carbons (Fsp3) is 0.533. The minimum absolute atomic E-state index is 0.0904. The van der Waals surface area contributed by atoms with Gasteiger partial charge in [-0.25, -0.2) is 4.98 Å². The van der Waals surface area contributed by atoms with E-state index in [1.807, 2.05) is 4.90 Å². The Morgan fingerprint density at radius 1 is 1.52 bits per heavy atom. The standard InChI is InChI=1S/C15H20N4O2/c1-9(2)6-13-11-7-19(5-4-12(11)17-18-13)15(20)14-10(3)16-8-21-14/h8-9H,4-7H2,1-3H3,(H,17,18). The molecule has 1 aliphatic rings. The Balaban J connectivity index is 1.82. The van der Waals surface area contributed by atoms with Crippen LogP contribution in [-0.2, 0) is 19.4 Å². The Labute approximate surface area is 123 Å². The lowest BCUT2D eigenvalue weighted by molar-refractivity contribution is 0.0700. The number of aromatic amines is 1. The second kappa shape index (κ2) is 5.35. The number of fused-ring (bicyclic) bond motifs is 1. The van der Waals surface area contributed by atoms with Gasteiger partial charge in [-0.3, -0.25) is 9.89 Å². The third kappa shape index (κ3) is 2.57. The summed E-state index contributed by atoms with van der Waals surface area (Å²) in [5.41, 5.74) is 4.04. The Morgan fingerprint density at radius 2 is 2.33 bits per heavy atom. The molecule has 6 nitrogen and oxygen atoms in total. The Morgan fingerprint density at radius 3 is 3.00 bits per heavy atom. The molecule has 112 valence electrons. The van der Waals surface area contributed by atoms with Crippen LogP contribution in [-0.4, -0.2) is 32.5 Å². The molecule has 0 aromatic carbocycles. The number of hydrogen-bond acceptors (Lipinski definition) is 4.